The van der Waals surface area contributed by atoms with Gasteiger partial charge in [-0.2, -0.15) is 0 Å². The Kier molecular flexibility index (Phi) is 3.75. The van der Waals surface area contributed by atoms with Gasteiger partial charge in [-0.3, -0.25) is 4.90 Å². The molecule has 1 aliphatic heterocycles. The molecule has 1 unspecified atom stereocenters. The van der Waals surface area contributed by atoms with E-state index in [1.807, 2.05) is 6.07 Å². The predicted octanol–water partition coefficient (Wildman–Crippen LogP) is 1.25. The molecular formula is C11H19N3O. The van der Waals surface area contributed by atoms with Crippen molar-refractivity contribution in [1.29, 1.82) is 0 Å². The van der Waals surface area contributed by atoms with Gasteiger partial charge in [0.2, 0.25) is 0 Å². The first-order valence-corrected chi connectivity index (χ1v) is 5.73. The van der Waals surface area contributed by atoms with Crippen molar-refractivity contribution in [3.05, 3.63) is 18.0 Å². The van der Waals surface area contributed by atoms with Crippen molar-refractivity contribution in [2.45, 2.75) is 32.4 Å². The number of nitrogens with zero attached hydrogens (tertiary/aromatic N) is 2. The Morgan fingerprint density at radius 2 is 2.60 bits per heavy atom. The number of aromatic nitrogens is 1. The lowest BCUT2D eigenvalue weighted by molar-refractivity contribution is 0.249. The van der Waals surface area contributed by atoms with Crippen LogP contribution in [0.15, 0.2) is 16.9 Å². The van der Waals surface area contributed by atoms with Crippen LogP contribution in [0.5, 0.6) is 0 Å². The fourth-order valence-corrected chi connectivity index (χ4v) is 2.04. The highest BCUT2D eigenvalue weighted by molar-refractivity contribution is 4.95. The lowest BCUT2D eigenvalue weighted by atomic mass is 10.2. The first-order valence-electron chi connectivity index (χ1n) is 5.73. The fourth-order valence-electron chi connectivity index (χ4n) is 2.04. The zero-order chi connectivity index (χ0) is 10.5. The van der Waals surface area contributed by atoms with Crippen LogP contribution in [0.3, 0.4) is 0 Å². The van der Waals surface area contributed by atoms with Crippen LogP contribution in [0.1, 0.15) is 25.5 Å². The van der Waals surface area contributed by atoms with Crippen molar-refractivity contribution in [1.82, 2.24) is 15.4 Å². The van der Waals surface area contributed by atoms with Crippen molar-refractivity contribution < 1.29 is 4.52 Å². The van der Waals surface area contributed by atoms with Gasteiger partial charge in [-0.15, -0.1) is 0 Å². The lowest BCUT2D eigenvalue weighted by Crippen LogP contribution is -2.36. The zero-order valence-electron chi connectivity index (χ0n) is 9.28. The maximum Gasteiger partial charge on any atom is 0.124 e. The highest BCUT2D eigenvalue weighted by Gasteiger charge is 2.16. The van der Waals surface area contributed by atoms with E-state index in [0.29, 0.717) is 6.04 Å². The average molecular weight is 209 g/mol. The van der Waals surface area contributed by atoms with Crippen LogP contribution in [0.2, 0.25) is 0 Å². The summed E-state index contributed by atoms with van der Waals surface area (Å²) in [6.07, 6.45) is 4.05. The molecule has 1 aromatic rings. The highest BCUT2D eigenvalue weighted by Crippen LogP contribution is 2.07. The van der Waals surface area contributed by atoms with E-state index < -0.39 is 0 Å². The lowest BCUT2D eigenvalue weighted by Gasteiger charge is -2.22. The van der Waals surface area contributed by atoms with Gasteiger partial charge in [-0.05, 0) is 25.9 Å². The van der Waals surface area contributed by atoms with Crippen LogP contribution in [0.25, 0.3) is 0 Å². The van der Waals surface area contributed by atoms with Crippen molar-refractivity contribution in [2.75, 3.05) is 19.6 Å². The molecule has 1 aromatic heterocycles. The molecule has 1 saturated heterocycles. The van der Waals surface area contributed by atoms with E-state index in [9.17, 15) is 0 Å². The van der Waals surface area contributed by atoms with Gasteiger partial charge in [-0.1, -0.05) is 12.1 Å². The zero-order valence-corrected chi connectivity index (χ0v) is 9.28. The largest absolute Gasteiger partial charge is 0.364 e. The van der Waals surface area contributed by atoms with E-state index in [2.05, 4.69) is 22.3 Å². The predicted molar refractivity (Wildman–Crippen MR) is 58.5 cm³/mol. The molecule has 0 bridgehead atoms. The molecule has 2 heterocycles. The summed E-state index contributed by atoms with van der Waals surface area (Å²) >= 11 is 0. The third-order valence-corrected chi connectivity index (χ3v) is 2.93. The monoisotopic (exact) mass is 209 g/mol. The van der Waals surface area contributed by atoms with Crippen LogP contribution in [0.4, 0.5) is 0 Å². The van der Waals surface area contributed by atoms with Crippen molar-refractivity contribution in [3.63, 3.8) is 0 Å². The fraction of sp³-hybridized carbons (Fsp3) is 0.727. The summed E-state index contributed by atoms with van der Waals surface area (Å²) in [6, 6.07) is 2.57. The molecule has 0 radical (unpaired) electrons. The Morgan fingerprint density at radius 3 is 3.33 bits per heavy atom. The van der Waals surface area contributed by atoms with E-state index in [4.69, 9.17) is 4.52 Å². The SMILES string of the molecule is CCC1CN(Cc2ccon2)CCCN1. The summed E-state index contributed by atoms with van der Waals surface area (Å²) in [5.41, 5.74) is 1.03. The van der Waals surface area contributed by atoms with Crippen LogP contribution in [-0.2, 0) is 6.54 Å². The van der Waals surface area contributed by atoms with Gasteiger partial charge >= 0.3 is 0 Å². The second-order valence-electron chi connectivity index (χ2n) is 4.14. The van der Waals surface area contributed by atoms with Gasteiger partial charge in [0, 0.05) is 25.2 Å². The molecule has 0 amide bonds. The second-order valence-corrected chi connectivity index (χ2v) is 4.14. The highest BCUT2D eigenvalue weighted by atomic mass is 16.5. The Hall–Kier alpha value is -0.870. The van der Waals surface area contributed by atoms with Crippen LogP contribution >= 0.6 is 0 Å². The number of hydrogen-bond donors (Lipinski definition) is 1. The molecule has 0 saturated carbocycles. The Labute approximate surface area is 90.6 Å². The molecule has 0 spiro atoms. The van der Waals surface area contributed by atoms with E-state index in [1.54, 1.807) is 6.26 Å². The molecular weight excluding hydrogens is 190 g/mol. The maximum atomic E-state index is 4.85. The molecule has 1 fully saturated rings. The summed E-state index contributed by atoms with van der Waals surface area (Å²) in [7, 11) is 0. The van der Waals surface area contributed by atoms with E-state index >= 15 is 0 Å². The van der Waals surface area contributed by atoms with Gasteiger partial charge in [0.1, 0.15) is 6.26 Å². The van der Waals surface area contributed by atoms with Crippen molar-refractivity contribution >= 4 is 0 Å². The minimum absolute atomic E-state index is 0.624. The summed E-state index contributed by atoms with van der Waals surface area (Å²) in [6.45, 7) is 6.54. The Morgan fingerprint density at radius 1 is 1.67 bits per heavy atom. The Bertz CT molecular complexity index is 273. The molecule has 4 nitrogen and oxygen atoms in total. The topological polar surface area (TPSA) is 41.3 Å². The molecule has 4 heteroatoms. The Balaban J connectivity index is 1.90. The van der Waals surface area contributed by atoms with Crippen molar-refractivity contribution in [2.24, 2.45) is 0 Å². The third kappa shape index (κ3) is 3.04. The second kappa shape index (κ2) is 5.28. The van der Waals surface area contributed by atoms with Gasteiger partial charge < -0.3 is 9.84 Å². The minimum Gasteiger partial charge on any atom is -0.364 e. The molecule has 15 heavy (non-hydrogen) atoms. The van der Waals surface area contributed by atoms with Crippen LogP contribution < -0.4 is 5.32 Å². The quantitative estimate of drug-likeness (QED) is 0.813. The van der Waals surface area contributed by atoms with Crippen LogP contribution in [-0.4, -0.2) is 35.7 Å². The molecule has 0 aromatic carbocycles. The molecule has 0 aliphatic carbocycles. The molecule has 1 atom stereocenters. The van der Waals surface area contributed by atoms with E-state index in [1.165, 1.54) is 12.8 Å². The third-order valence-electron chi connectivity index (χ3n) is 2.93. The average Bonchev–Trinajstić information content (AvgIpc) is 2.64. The van der Waals surface area contributed by atoms with Gasteiger partial charge in [0.15, 0.2) is 0 Å². The van der Waals surface area contributed by atoms with Gasteiger partial charge in [0.25, 0.3) is 0 Å². The molecule has 2 rings (SSSR count). The first kappa shape index (κ1) is 10.6. The van der Waals surface area contributed by atoms with E-state index in [0.717, 1.165) is 31.9 Å². The molecule has 1 N–H and O–H groups in total. The summed E-state index contributed by atoms with van der Waals surface area (Å²) in [5, 5.41) is 7.51. The maximum absolute atomic E-state index is 4.85. The van der Waals surface area contributed by atoms with Crippen molar-refractivity contribution in [3.8, 4) is 0 Å². The number of rotatable bonds is 3. The first-order chi connectivity index (χ1) is 7.38. The summed E-state index contributed by atoms with van der Waals surface area (Å²) < 4.78 is 4.85. The minimum atomic E-state index is 0.624. The number of nitrogens with one attached hydrogen (secondary N) is 1. The molecule has 84 valence electrons. The number of hydrogen-bond acceptors (Lipinski definition) is 4. The summed E-state index contributed by atoms with van der Waals surface area (Å²) in [4.78, 5) is 2.45. The summed E-state index contributed by atoms with van der Waals surface area (Å²) in [5.74, 6) is 0. The van der Waals surface area contributed by atoms with E-state index in [-0.39, 0.29) is 0 Å². The molecule has 1 aliphatic rings. The normalized spacial score (nSPS) is 23.9. The van der Waals surface area contributed by atoms with Crippen LogP contribution in [0, 0.1) is 0 Å². The smallest absolute Gasteiger partial charge is 0.124 e. The standard InChI is InChI=1S/C11H19N3O/c1-2-10-8-14(6-3-5-12-10)9-11-4-7-15-13-11/h4,7,10,12H,2-3,5-6,8-9H2,1H3. The van der Waals surface area contributed by atoms with Gasteiger partial charge in [-0.25, -0.2) is 0 Å². The van der Waals surface area contributed by atoms with Gasteiger partial charge in [0.05, 0.1) is 5.69 Å².